The summed E-state index contributed by atoms with van der Waals surface area (Å²) >= 11 is 0. The van der Waals surface area contributed by atoms with E-state index < -0.39 is 28.5 Å². The van der Waals surface area contributed by atoms with Gasteiger partial charge in [-0.25, -0.2) is 8.42 Å². The number of carbonyl (C=O) groups excluding carboxylic acids is 2. The highest BCUT2D eigenvalue weighted by Gasteiger charge is 2.31. The van der Waals surface area contributed by atoms with Crippen LogP contribution in [0.1, 0.15) is 32.8 Å². The molecule has 0 spiro atoms. The summed E-state index contributed by atoms with van der Waals surface area (Å²) in [4.78, 5) is 27.9. The number of amides is 2. The molecule has 0 saturated heterocycles. The number of sulfonamides is 1. The SMILES string of the molecule is CC[C@@H](C)NC(=O)[C@H](C)N(Cc1cccc(OC)c1)C(=O)CN(c1ccccc1OC)S(C)(=O)=O. The van der Waals surface area contributed by atoms with Crippen molar-refractivity contribution in [1.82, 2.24) is 10.2 Å². The highest BCUT2D eigenvalue weighted by molar-refractivity contribution is 7.92. The Bertz CT molecular complexity index is 1120. The number of anilines is 1. The van der Waals surface area contributed by atoms with Crippen LogP contribution in [0.5, 0.6) is 11.5 Å². The topological polar surface area (TPSA) is 105 Å². The van der Waals surface area contributed by atoms with Crippen LogP contribution in [-0.2, 0) is 26.2 Å². The standard InChI is InChI=1S/C25H35N3O6S/c1-7-18(2)26-25(30)19(3)27(16-20-11-10-12-21(15-20)33-4)24(29)17-28(35(6,31)32)22-13-8-9-14-23(22)34-5/h8-15,18-19H,7,16-17H2,1-6H3,(H,26,30)/t18-,19+/m1/s1. The summed E-state index contributed by atoms with van der Waals surface area (Å²) in [6.07, 6.45) is 1.76. The monoisotopic (exact) mass is 505 g/mol. The van der Waals surface area contributed by atoms with Crippen molar-refractivity contribution in [2.45, 2.75) is 45.8 Å². The summed E-state index contributed by atoms with van der Waals surface area (Å²) in [5.41, 5.74) is 0.980. The molecule has 0 aromatic heterocycles. The third-order valence-corrected chi connectivity index (χ3v) is 6.81. The van der Waals surface area contributed by atoms with E-state index in [0.29, 0.717) is 11.5 Å². The van der Waals surface area contributed by atoms with Crippen LogP contribution in [0.25, 0.3) is 0 Å². The summed E-state index contributed by atoms with van der Waals surface area (Å²) in [6, 6.07) is 12.8. The quantitative estimate of drug-likeness (QED) is 0.476. The average Bonchev–Trinajstić information content (AvgIpc) is 2.84. The fraction of sp³-hybridized carbons (Fsp3) is 0.440. The van der Waals surface area contributed by atoms with Gasteiger partial charge in [-0.2, -0.15) is 0 Å². The van der Waals surface area contributed by atoms with Crippen molar-refractivity contribution in [3.63, 3.8) is 0 Å². The lowest BCUT2D eigenvalue weighted by molar-refractivity contribution is -0.139. The molecule has 0 aliphatic carbocycles. The zero-order chi connectivity index (χ0) is 26.2. The first-order chi connectivity index (χ1) is 16.5. The molecular formula is C25H35N3O6S. The molecule has 0 saturated carbocycles. The van der Waals surface area contributed by atoms with Crippen LogP contribution in [0.4, 0.5) is 5.69 Å². The van der Waals surface area contributed by atoms with Crippen LogP contribution in [-0.4, -0.2) is 64.2 Å². The van der Waals surface area contributed by atoms with E-state index in [4.69, 9.17) is 9.47 Å². The van der Waals surface area contributed by atoms with Crippen molar-refractivity contribution in [3.8, 4) is 11.5 Å². The molecule has 0 unspecified atom stereocenters. The van der Waals surface area contributed by atoms with Crippen LogP contribution >= 0.6 is 0 Å². The van der Waals surface area contributed by atoms with E-state index in [1.807, 2.05) is 19.9 Å². The molecule has 1 N–H and O–H groups in total. The van der Waals surface area contributed by atoms with Crippen molar-refractivity contribution >= 4 is 27.5 Å². The van der Waals surface area contributed by atoms with Gasteiger partial charge in [0.2, 0.25) is 21.8 Å². The largest absolute Gasteiger partial charge is 0.497 e. The maximum Gasteiger partial charge on any atom is 0.244 e. The summed E-state index contributed by atoms with van der Waals surface area (Å²) < 4.78 is 37.0. The van der Waals surface area contributed by atoms with Crippen LogP contribution in [0.2, 0.25) is 0 Å². The molecule has 2 rings (SSSR count). The molecule has 2 atom stereocenters. The van der Waals surface area contributed by atoms with Gasteiger partial charge in [-0.1, -0.05) is 31.2 Å². The Kier molecular flexibility index (Phi) is 9.94. The summed E-state index contributed by atoms with van der Waals surface area (Å²) in [7, 11) is -0.875. The summed E-state index contributed by atoms with van der Waals surface area (Å²) in [5, 5.41) is 2.90. The minimum Gasteiger partial charge on any atom is -0.497 e. The number of nitrogens with one attached hydrogen (secondary N) is 1. The Morgan fingerprint density at radius 3 is 2.31 bits per heavy atom. The number of hydrogen-bond acceptors (Lipinski definition) is 6. The first-order valence-corrected chi connectivity index (χ1v) is 13.2. The zero-order valence-corrected chi connectivity index (χ0v) is 22.0. The molecule has 0 bridgehead atoms. The van der Waals surface area contributed by atoms with E-state index in [2.05, 4.69) is 5.32 Å². The minimum atomic E-state index is -3.85. The van der Waals surface area contributed by atoms with Crippen LogP contribution in [0.15, 0.2) is 48.5 Å². The molecule has 0 heterocycles. The normalized spacial score (nSPS) is 12.9. The van der Waals surface area contributed by atoms with Gasteiger partial charge in [0.05, 0.1) is 26.2 Å². The van der Waals surface area contributed by atoms with E-state index >= 15 is 0 Å². The second-order valence-electron chi connectivity index (χ2n) is 8.31. The van der Waals surface area contributed by atoms with Gasteiger partial charge in [0.15, 0.2) is 0 Å². The third-order valence-electron chi connectivity index (χ3n) is 5.69. The lowest BCUT2D eigenvalue weighted by atomic mass is 10.1. The Morgan fingerprint density at radius 2 is 1.71 bits per heavy atom. The maximum atomic E-state index is 13.6. The number of ether oxygens (including phenoxy) is 2. The molecule has 0 aliphatic heterocycles. The van der Waals surface area contributed by atoms with Crippen LogP contribution in [0.3, 0.4) is 0 Å². The van der Waals surface area contributed by atoms with Crippen molar-refractivity contribution < 1.29 is 27.5 Å². The Morgan fingerprint density at radius 1 is 1.03 bits per heavy atom. The second-order valence-corrected chi connectivity index (χ2v) is 10.2. The highest BCUT2D eigenvalue weighted by Crippen LogP contribution is 2.29. The predicted molar refractivity (Wildman–Crippen MR) is 136 cm³/mol. The molecule has 9 nitrogen and oxygen atoms in total. The predicted octanol–water partition coefficient (Wildman–Crippen LogP) is 2.80. The molecular weight excluding hydrogens is 470 g/mol. The van der Waals surface area contributed by atoms with Gasteiger partial charge in [0.1, 0.15) is 24.1 Å². The van der Waals surface area contributed by atoms with Gasteiger partial charge in [-0.05, 0) is 50.1 Å². The molecule has 10 heteroatoms. The molecule has 0 fully saturated rings. The molecule has 2 amide bonds. The van der Waals surface area contributed by atoms with Gasteiger partial charge in [-0.3, -0.25) is 13.9 Å². The molecule has 2 aromatic rings. The number of nitrogens with zero attached hydrogens (tertiary/aromatic N) is 2. The highest BCUT2D eigenvalue weighted by atomic mass is 32.2. The van der Waals surface area contributed by atoms with Gasteiger partial charge in [-0.15, -0.1) is 0 Å². The van der Waals surface area contributed by atoms with E-state index in [-0.39, 0.29) is 24.2 Å². The van der Waals surface area contributed by atoms with Crippen molar-refractivity contribution in [2.24, 2.45) is 0 Å². The van der Waals surface area contributed by atoms with Gasteiger partial charge in [0, 0.05) is 12.6 Å². The van der Waals surface area contributed by atoms with Gasteiger partial charge in [0.25, 0.3) is 0 Å². The maximum absolute atomic E-state index is 13.6. The Hall–Kier alpha value is -3.27. The number of benzene rings is 2. The fourth-order valence-corrected chi connectivity index (χ4v) is 4.30. The molecule has 2 aromatic carbocycles. The first kappa shape index (κ1) is 28.0. The number of rotatable bonds is 12. The molecule has 35 heavy (non-hydrogen) atoms. The number of para-hydroxylation sites is 2. The van der Waals surface area contributed by atoms with Crippen LogP contribution in [0, 0.1) is 0 Å². The molecule has 0 radical (unpaired) electrons. The molecule has 192 valence electrons. The third kappa shape index (κ3) is 7.61. The van der Waals surface area contributed by atoms with Crippen molar-refractivity contribution in [3.05, 3.63) is 54.1 Å². The Labute approximate surface area is 208 Å². The van der Waals surface area contributed by atoms with Crippen molar-refractivity contribution in [2.75, 3.05) is 31.3 Å². The first-order valence-electron chi connectivity index (χ1n) is 11.3. The lowest BCUT2D eigenvalue weighted by Crippen LogP contribution is -2.52. The fourth-order valence-electron chi connectivity index (χ4n) is 3.45. The number of methoxy groups -OCH3 is 2. The van der Waals surface area contributed by atoms with Gasteiger partial charge >= 0.3 is 0 Å². The number of carbonyl (C=O) groups is 2. The molecule has 0 aliphatic rings. The average molecular weight is 506 g/mol. The van der Waals surface area contributed by atoms with E-state index in [9.17, 15) is 18.0 Å². The van der Waals surface area contributed by atoms with E-state index in [1.54, 1.807) is 56.5 Å². The summed E-state index contributed by atoms with van der Waals surface area (Å²) in [6.45, 7) is 5.06. The lowest BCUT2D eigenvalue weighted by Gasteiger charge is -2.32. The van der Waals surface area contributed by atoms with Crippen LogP contribution < -0.4 is 19.1 Å². The van der Waals surface area contributed by atoms with Gasteiger partial charge < -0.3 is 19.7 Å². The minimum absolute atomic E-state index is 0.0696. The smallest absolute Gasteiger partial charge is 0.244 e. The summed E-state index contributed by atoms with van der Waals surface area (Å²) in [5.74, 6) is 0.0702. The number of hydrogen-bond donors (Lipinski definition) is 1. The zero-order valence-electron chi connectivity index (χ0n) is 21.1. The van der Waals surface area contributed by atoms with E-state index in [0.717, 1.165) is 22.5 Å². The Balaban J connectivity index is 2.44. The van der Waals surface area contributed by atoms with E-state index in [1.165, 1.54) is 12.0 Å². The second kappa shape index (κ2) is 12.4. The van der Waals surface area contributed by atoms with Crippen molar-refractivity contribution in [1.29, 1.82) is 0 Å².